The molecule has 0 saturated heterocycles. The highest BCUT2D eigenvalue weighted by Crippen LogP contribution is 2.35. The van der Waals surface area contributed by atoms with E-state index in [4.69, 9.17) is 26.7 Å². The summed E-state index contributed by atoms with van der Waals surface area (Å²) in [6.45, 7) is 6.05. The number of anilines is 1. The molecule has 1 aliphatic rings. The van der Waals surface area contributed by atoms with Gasteiger partial charge in [-0.1, -0.05) is 42.8 Å². The average molecular weight is 520 g/mol. The van der Waals surface area contributed by atoms with Crippen molar-refractivity contribution in [3.8, 4) is 0 Å². The Balaban J connectivity index is 1.68. The molecule has 1 aliphatic heterocycles. The molecule has 0 aliphatic carbocycles. The van der Waals surface area contributed by atoms with Crippen molar-refractivity contribution < 1.29 is 9.21 Å². The zero-order chi connectivity index (χ0) is 26.5. The first kappa shape index (κ1) is 26.0. The van der Waals surface area contributed by atoms with Crippen molar-refractivity contribution in [3.05, 3.63) is 81.2 Å². The van der Waals surface area contributed by atoms with Gasteiger partial charge in [0.2, 0.25) is 5.96 Å². The van der Waals surface area contributed by atoms with Crippen molar-refractivity contribution in [2.75, 3.05) is 18.9 Å². The molecule has 9 nitrogen and oxygen atoms in total. The second kappa shape index (κ2) is 11.3. The van der Waals surface area contributed by atoms with Crippen molar-refractivity contribution in [2.45, 2.75) is 33.2 Å². The summed E-state index contributed by atoms with van der Waals surface area (Å²) >= 11 is 6.63. The monoisotopic (exact) mass is 519 g/mol. The summed E-state index contributed by atoms with van der Waals surface area (Å²) in [6.07, 6.45) is 3.83. The van der Waals surface area contributed by atoms with Gasteiger partial charge in [-0.15, -0.1) is 0 Å². The lowest BCUT2D eigenvalue weighted by atomic mass is 9.95. The van der Waals surface area contributed by atoms with Crippen molar-refractivity contribution in [3.63, 3.8) is 0 Å². The number of oxazole rings is 1. The molecule has 0 radical (unpaired) electrons. The van der Waals surface area contributed by atoms with Crippen LogP contribution in [0.5, 0.6) is 0 Å². The Morgan fingerprint density at radius 3 is 2.81 bits per heavy atom. The first-order chi connectivity index (χ1) is 17.8. The van der Waals surface area contributed by atoms with E-state index in [-0.39, 0.29) is 12.5 Å². The molecule has 2 aromatic carbocycles. The number of guanidine groups is 1. The molecule has 1 unspecified atom stereocenters. The van der Waals surface area contributed by atoms with Crippen LogP contribution in [0.4, 0.5) is 6.01 Å². The molecule has 1 atom stereocenters. The van der Waals surface area contributed by atoms with Crippen molar-refractivity contribution in [1.29, 1.82) is 0 Å². The van der Waals surface area contributed by atoms with E-state index in [1.54, 1.807) is 13.3 Å². The highest BCUT2D eigenvalue weighted by Gasteiger charge is 2.31. The van der Waals surface area contributed by atoms with Gasteiger partial charge in [0, 0.05) is 47.9 Å². The highest BCUT2D eigenvalue weighted by atomic mass is 35.5. The lowest BCUT2D eigenvalue weighted by molar-refractivity contribution is -0.117. The van der Waals surface area contributed by atoms with Crippen LogP contribution in [0.2, 0.25) is 5.02 Å². The van der Waals surface area contributed by atoms with E-state index in [2.05, 4.69) is 32.9 Å². The quantitative estimate of drug-likeness (QED) is 0.342. The molecular formula is C27H30ClN7O2. The lowest BCUT2D eigenvalue weighted by Gasteiger charge is -2.27. The minimum absolute atomic E-state index is 0.218. The Morgan fingerprint density at radius 1 is 1.30 bits per heavy atom. The molecule has 1 amide bonds. The number of aromatic nitrogens is 1. The molecule has 37 heavy (non-hydrogen) atoms. The van der Waals surface area contributed by atoms with Crippen LogP contribution in [0, 0.1) is 6.92 Å². The van der Waals surface area contributed by atoms with E-state index >= 15 is 0 Å². The van der Waals surface area contributed by atoms with Crippen LogP contribution < -0.4 is 21.7 Å². The molecule has 0 saturated carbocycles. The lowest BCUT2D eigenvalue weighted by Crippen LogP contribution is -2.39. The number of rotatable bonds is 7. The molecule has 1 aromatic heterocycles. The zero-order valence-corrected chi connectivity index (χ0v) is 22.0. The predicted octanol–water partition coefficient (Wildman–Crippen LogP) is 4.40. The second-order valence-corrected chi connectivity index (χ2v) is 9.05. The third-order valence-electron chi connectivity index (χ3n) is 6.00. The van der Waals surface area contributed by atoms with Crippen LogP contribution in [-0.2, 0) is 11.2 Å². The van der Waals surface area contributed by atoms with Gasteiger partial charge in [0.25, 0.3) is 5.91 Å². The van der Waals surface area contributed by atoms with Crippen LogP contribution in [-0.4, -0.2) is 36.7 Å². The molecule has 2 heterocycles. The molecule has 0 fully saturated rings. The Kier molecular flexibility index (Phi) is 7.93. The SMILES string of the molecule is CCc1cccc2nc(NC3=NC(c4ccc(C)cc4Cl)C(C(=O)NC/C(C=NC)=C/N)=C(C)N3)oc12. The largest absolute Gasteiger partial charge is 0.423 e. The van der Waals surface area contributed by atoms with Gasteiger partial charge in [-0.2, -0.15) is 4.98 Å². The van der Waals surface area contributed by atoms with E-state index in [1.807, 2.05) is 50.2 Å². The smallest absolute Gasteiger partial charge is 0.302 e. The van der Waals surface area contributed by atoms with E-state index in [9.17, 15) is 4.79 Å². The van der Waals surface area contributed by atoms with Gasteiger partial charge in [0.05, 0.1) is 5.57 Å². The summed E-state index contributed by atoms with van der Waals surface area (Å²) in [5.41, 5.74) is 11.6. The van der Waals surface area contributed by atoms with Gasteiger partial charge in [0.1, 0.15) is 11.6 Å². The van der Waals surface area contributed by atoms with Gasteiger partial charge >= 0.3 is 6.01 Å². The Hall–Kier alpha value is -4.11. The van der Waals surface area contributed by atoms with Crippen LogP contribution in [0.15, 0.2) is 73.8 Å². The molecule has 0 bridgehead atoms. The molecule has 10 heteroatoms. The summed E-state index contributed by atoms with van der Waals surface area (Å²) in [5.74, 6) is 0.0914. The second-order valence-electron chi connectivity index (χ2n) is 8.64. The topological polar surface area (TPSA) is 130 Å². The molecule has 0 spiro atoms. The number of hydrogen-bond acceptors (Lipinski definition) is 8. The fraction of sp³-hybridized carbons (Fsp3) is 0.259. The standard InChI is InChI=1S/C27H30ClN7O2/c1-5-18-7-6-8-21-24(18)37-27(33-21)35-26-32-16(3)22(25(36)31-14-17(12-29)13-30-4)23(34-26)19-10-9-15(2)11-20(19)28/h6-13,23H,5,14,29H2,1-4H3,(H,31,36)(H2,32,33,34,35)/b17-12+,30-13?. The summed E-state index contributed by atoms with van der Waals surface area (Å²) in [4.78, 5) is 26.7. The van der Waals surface area contributed by atoms with Crippen LogP contribution in [0.3, 0.4) is 0 Å². The van der Waals surface area contributed by atoms with E-state index < -0.39 is 6.04 Å². The number of nitrogens with one attached hydrogen (secondary N) is 3. The summed E-state index contributed by atoms with van der Waals surface area (Å²) < 4.78 is 5.99. The first-order valence-electron chi connectivity index (χ1n) is 11.9. The number of nitrogens with zero attached hydrogens (tertiary/aromatic N) is 3. The van der Waals surface area contributed by atoms with Gasteiger partial charge in [-0.05, 0) is 43.5 Å². The van der Waals surface area contributed by atoms with Crippen molar-refractivity contribution in [2.24, 2.45) is 15.7 Å². The van der Waals surface area contributed by atoms with Crippen LogP contribution >= 0.6 is 11.6 Å². The number of allylic oxidation sites excluding steroid dienone is 1. The normalized spacial score (nSPS) is 16.2. The summed E-state index contributed by atoms with van der Waals surface area (Å²) in [5, 5.41) is 9.72. The number of para-hydroxylation sites is 1. The maximum Gasteiger partial charge on any atom is 0.302 e. The van der Waals surface area contributed by atoms with Gasteiger partial charge in [-0.3, -0.25) is 15.1 Å². The summed E-state index contributed by atoms with van der Waals surface area (Å²) in [7, 11) is 1.64. The molecule has 4 rings (SSSR count). The zero-order valence-electron chi connectivity index (χ0n) is 21.2. The fourth-order valence-electron chi connectivity index (χ4n) is 4.14. The molecular weight excluding hydrogens is 490 g/mol. The number of hydrogen-bond donors (Lipinski definition) is 4. The van der Waals surface area contributed by atoms with Gasteiger partial charge in [0.15, 0.2) is 5.58 Å². The van der Waals surface area contributed by atoms with Crippen LogP contribution in [0.25, 0.3) is 11.1 Å². The third-order valence-corrected chi connectivity index (χ3v) is 6.33. The van der Waals surface area contributed by atoms with E-state index in [1.165, 1.54) is 6.20 Å². The Bertz CT molecular complexity index is 1450. The predicted molar refractivity (Wildman–Crippen MR) is 149 cm³/mol. The van der Waals surface area contributed by atoms with Crippen molar-refractivity contribution >= 4 is 46.8 Å². The fourth-order valence-corrected chi connectivity index (χ4v) is 4.48. The number of amides is 1. The van der Waals surface area contributed by atoms with Crippen LogP contribution in [0.1, 0.15) is 36.6 Å². The number of carbonyl (C=O) groups excluding carboxylic acids is 1. The van der Waals surface area contributed by atoms with E-state index in [0.717, 1.165) is 28.6 Å². The number of carbonyl (C=O) groups is 1. The minimum atomic E-state index is -0.669. The summed E-state index contributed by atoms with van der Waals surface area (Å²) in [6, 6.07) is 11.2. The first-order valence-corrected chi connectivity index (χ1v) is 12.3. The maximum absolute atomic E-state index is 13.4. The van der Waals surface area contributed by atoms with Crippen molar-refractivity contribution in [1.82, 2.24) is 15.6 Å². The number of halogens is 1. The number of fused-ring (bicyclic) bond motifs is 1. The average Bonchev–Trinajstić information content (AvgIpc) is 3.28. The number of aliphatic imine (C=N–C) groups is 2. The number of benzene rings is 2. The van der Waals surface area contributed by atoms with Gasteiger partial charge < -0.3 is 20.8 Å². The number of nitrogens with two attached hydrogens (primary N) is 1. The Labute approximate surface area is 220 Å². The molecule has 192 valence electrons. The highest BCUT2D eigenvalue weighted by molar-refractivity contribution is 6.31. The van der Waals surface area contributed by atoms with Gasteiger partial charge in [-0.25, -0.2) is 4.99 Å². The maximum atomic E-state index is 13.4. The van der Waals surface area contributed by atoms with E-state index in [0.29, 0.717) is 39.4 Å². The molecule has 3 aromatic rings. The Morgan fingerprint density at radius 2 is 2.11 bits per heavy atom. The molecule has 5 N–H and O–H groups in total. The minimum Gasteiger partial charge on any atom is -0.423 e. The third kappa shape index (κ3) is 5.67. The number of aryl methyl sites for hydroxylation is 2.